The van der Waals surface area contributed by atoms with Crippen molar-refractivity contribution in [3.05, 3.63) is 12.3 Å². The zero-order valence-corrected chi connectivity index (χ0v) is 9.98. The van der Waals surface area contributed by atoms with E-state index in [1.165, 1.54) is 18.5 Å². The Morgan fingerprint density at radius 3 is 2.15 bits per heavy atom. The van der Waals surface area contributed by atoms with E-state index in [-0.39, 0.29) is 0 Å². The van der Waals surface area contributed by atoms with E-state index in [2.05, 4.69) is 46.1 Å². The number of hydrogen-bond acceptors (Lipinski definition) is 1. The Balaban J connectivity index is 4.17. The van der Waals surface area contributed by atoms with Gasteiger partial charge >= 0.3 is 0 Å². The van der Waals surface area contributed by atoms with Gasteiger partial charge < -0.3 is 4.90 Å². The van der Waals surface area contributed by atoms with Gasteiger partial charge in [-0.3, -0.25) is 0 Å². The molecule has 0 radical (unpaired) electrons. The summed E-state index contributed by atoms with van der Waals surface area (Å²) in [5.41, 5.74) is 1.61. The van der Waals surface area contributed by atoms with Crippen LogP contribution in [0, 0.1) is 5.41 Å². The highest BCUT2D eigenvalue weighted by Crippen LogP contribution is 2.22. The number of rotatable bonds is 6. The molecule has 0 aliphatic carbocycles. The molecular weight excluding hydrogens is 158 g/mol. The first-order valence-corrected chi connectivity index (χ1v) is 5.33. The van der Waals surface area contributed by atoms with E-state index in [4.69, 9.17) is 0 Å². The Morgan fingerprint density at radius 2 is 1.85 bits per heavy atom. The smallest absolute Gasteiger partial charge is 0.0225 e. The minimum Gasteiger partial charge on any atom is -0.375 e. The molecule has 1 nitrogen and oxygen atoms in total. The molecule has 1 heteroatoms. The Morgan fingerprint density at radius 1 is 1.31 bits per heavy atom. The second-order valence-electron chi connectivity index (χ2n) is 4.67. The number of nitrogens with zero attached hydrogens (tertiary/aromatic N) is 1. The summed E-state index contributed by atoms with van der Waals surface area (Å²) in [6, 6.07) is 0. The molecule has 0 amide bonds. The first kappa shape index (κ1) is 12.5. The summed E-state index contributed by atoms with van der Waals surface area (Å²) in [6.07, 6.45) is 2.42. The fourth-order valence-electron chi connectivity index (χ4n) is 1.30. The van der Waals surface area contributed by atoms with Crippen molar-refractivity contribution >= 4 is 0 Å². The lowest BCUT2D eigenvalue weighted by Gasteiger charge is -2.33. The molecule has 13 heavy (non-hydrogen) atoms. The van der Waals surface area contributed by atoms with Crippen molar-refractivity contribution in [2.45, 2.75) is 47.5 Å². The zero-order chi connectivity index (χ0) is 10.5. The van der Waals surface area contributed by atoms with E-state index in [0.29, 0.717) is 5.41 Å². The van der Waals surface area contributed by atoms with Crippen molar-refractivity contribution in [2.24, 2.45) is 5.41 Å². The first-order valence-electron chi connectivity index (χ1n) is 5.33. The summed E-state index contributed by atoms with van der Waals surface area (Å²) in [5, 5.41) is 0. The third-order valence-corrected chi connectivity index (χ3v) is 2.61. The lowest BCUT2D eigenvalue weighted by atomic mass is 9.89. The van der Waals surface area contributed by atoms with Crippen molar-refractivity contribution in [3.8, 4) is 0 Å². The normalized spacial score (nSPS) is 11.5. The lowest BCUT2D eigenvalue weighted by molar-refractivity contribution is 0.211. The van der Waals surface area contributed by atoms with E-state index in [1.54, 1.807) is 0 Å². The van der Waals surface area contributed by atoms with Crippen LogP contribution >= 0.6 is 0 Å². The Bertz CT molecular complexity index is 159. The first-order chi connectivity index (χ1) is 5.93. The molecule has 0 aliphatic heterocycles. The van der Waals surface area contributed by atoms with Gasteiger partial charge in [0, 0.05) is 18.8 Å². The summed E-state index contributed by atoms with van der Waals surface area (Å²) < 4.78 is 0. The van der Waals surface area contributed by atoms with Gasteiger partial charge in [-0.1, -0.05) is 34.3 Å². The monoisotopic (exact) mass is 183 g/mol. The quantitative estimate of drug-likeness (QED) is 0.607. The van der Waals surface area contributed by atoms with E-state index in [1.807, 2.05) is 0 Å². The van der Waals surface area contributed by atoms with Crippen molar-refractivity contribution < 1.29 is 0 Å². The molecular formula is C12H25N. The van der Waals surface area contributed by atoms with Crippen molar-refractivity contribution in [3.63, 3.8) is 0 Å². The van der Waals surface area contributed by atoms with Crippen LogP contribution in [-0.4, -0.2) is 18.0 Å². The fraction of sp³-hybridized carbons (Fsp3) is 0.833. The average Bonchev–Trinajstić information content (AvgIpc) is 2.03. The molecule has 0 aromatic rings. The predicted molar refractivity (Wildman–Crippen MR) is 60.8 cm³/mol. The third-order valence-electron chi connectivity index (χ3n) is 2.61. The molecule has 0 rings (SSSR count). The highest BCUT2D eigenvalue weighted by atomic mass is 15.1. The molecule has 0 aromatic carbocycles. The summed E-state index contributed by atoms with van der Waals surface area (Å²) in [4.78, 5) is 2.39. The van der Waals surface area contributed by atoms with Gasteiger partial charge in [0.05, 0.1) is 0 Å². The standard InChI is InChI=1S/C12H25N/c1-7-9-13(11(3)4)10-12(5,6)8-2/h3,7-10H2,1-2,4-6H3. The predicted octanol–water partition coefficient (Wildman–Crippen LogP) is 3.67. The second-order valence-corrected chi connectivity index (χ2v) is 4.67. The SMILES string of the molecule is C=C(C)N(CCC)CC(C)(C)CC. The van der Waals surface area contributed by atoms with Crippen LogP contribution in [-0.2, 0) is 0 Å². The second kappa shape index (κ2) is 5.31. The largest absolute Gasteiger partial charge is 0.375 e. The number of hydrogen-bond donors (Lipinski definition) is 0. The molecule has 0 fully saturated rings. The van der Waals surface area contributed by atoms with Crippen molar-refractivity contribution in [2.75, 3.05) is 13.1 Å². The minimum atomic E-state index is 0.411. The van der Waals surface area contributed by atoms with Crippen molar-refractivity contribution in [1.82, 2.24) is 4.90 Å². The average molecular weight is 183 g/mol. The van der Waals surface area contributed by atoms with Gasteiger partial charge in [0.15, 0.2) is 0 Å². The van der Waals surface area contributed by atoms with Gasteiger partial charge in [-0.15, -0.1) is 0 Å². The van der Waals surface area contributed by atoms with Crippen LogP contribution < -0.4 is 0 Å². The molecule has 0 aromatic heterocycles. The molecule has 0 aliphatic rings. The van der Waals surface area contributed by atoms with Crippen LogP contribution in [0.4, 0.5) is 0 Å². The molecule has 0 bridgehead atoms. The van der Waals surface area contributed by atoms with Crippen molar-refractivity contribution in [1.29, 1.82) is 0 Å². The summed E-state index contributed by atoms with van der Waals surface area (Å²) in [6.45, 7) is 17.5. The Hall–Kier alpha value is -0.460. The van der Waals surface area contributed by atoms with Crippen LogP contribution in [0.1, 0.15) is 47.5 Å². The van der Waals surface area contributed by atoms with Crippen LogP contribution in [0.15, 0.2) is 12.3 Å². The highest BCUT2D eigenvalue weighted by molar-refractivity contribution is 4.90. The minimum absolute atomic E-state index is 0.411. The van der Waals surface area contributed by atoms with Gasteiger partial charge in [-0.2, -0.15) is 0 Å². The zero-order valence-electron chi connectivity index (χ0n) is 9.98. The van der Waals surface area contributed by atoms with Crippen LogP contribution in [0.25, 0.3) is 0 Å². The van der Waals surface area contributed by atoms with Crippen LogP contribution in [0.5, 0.6) is 0 Å². The summed E-state index contributed by atoms with van der Waals surface area (Å²) in [7, 11) is 0. The molecule has 0 saturated carbocycles. The maximum absolute atomic E-state index is 4.02. The van der Waals surface area contributed by atoms with Crippen LogP contribution in [0.3, 0.4) is 0 Å². The Labute approximate surface area is 83.8 Å². The maximum atomic E-state index is 4.02. The molecule has 0 N–H and O–H groups in total. The van der Waals surface area contributed by atoms with E-state index in [0.717, 1.165) is 13.1 Å². The number of allylic oxidation sites excluding steroid dienone is 1. The highest BCUT2D eigenvalue weighted by Gasteiger charge is 2.18. The summed E-state index contributed by atoms with van der Waals surface area (Å²) in [5.74, 6) is 0. The van der Waals surface area contributed by atoms with Gasteiger partial charge in [0.1, 0.15) is 0 Å². The third kappa shape index (κ3) is 4.97. The molecule has 0 heterocycles. The topological polar surface area (TPSA) is 3.24 Å². The van der Waals surface area contributed by atoms with E-state index < -0.39 is 0 Å². The van der Waals surface area contributed by atoms with Gasteiger partial charge in [-0.05, 0) is 25.2 Å². The molecule has 0 spiro atoms. The fourth-order valence-corrected chi connectivity index (χ4v) is 1.30. The van der Waals surface area contributed by atoms with Gasteiger partial charge in [0.25, 0.3) is 0 Å². The lowest BCUT2D eigenvalue weighted by Crippen LogP contribution is -2.33. The summed E-state index contributed by atoms with van der Waals surface area (Å²) >= 11 is 0. The maximum Gasteiger partial charge on any atom is 0.0225 e. The molecule has 0 atom stereocenters. The van der Waals surface area contributed by atoms with Gasteiger partial charge in [-0.25, -0.2) is 0 Å². The Kier molecular flexibility index (Phi) is 5.12. The molecule has 78 valence electrons. The van der Waals surface area contributed by atoms with Crippen LogP contribution in [0.2, 0.25) is 0 Å². The van der Waals surface area contributed by atoms with Gasteiger partial charge in [0.2, 0.25) is 0 Å². The molecule has 0 saturated heterocycles. The molecule has 0 unspecified atom stereocenters. The van der Waals surface area contributed by atoms with E-state index >= 15 is 0 Å². The van der Waals surface area contributed by atoms with E-state index in [9.17, 15) is 0 Å².